The van der Waals surface area contributed by atoms with Crippen LogP contribution in [0.2, 0.25) is 0 Å². The molecule has 0 rings (SSSR count). The standard InChI is InChI=1S/C9H11F3O/c1-6(2)5-8(7(3)13-4)9(10,11)12/h5H,1,3H2,2,4H3/b8-5+. The fourth-order valence-electron chi connectivity index (χ4n) is 0.677. The summed E-state index contributed by atoms with van der Waals surface area (Å²) in [6.45, 7) is 7.96. The number of allylic oxidation sites excluding steroid dienone is 3. The first-order chi connectivity index (χ1) is 5.79. The van der Waals surface area contributed by atoms with Gasteiger partial charge in [-0.05, 0) is 13.0 Å². The minimum atomic E-state index is -4.45. The molecular weight excluding hydrogens is 181 g/mol. The van der Waals surface area contributed by atoms with Crippen LogP contribution in [0.5, 0.6) is 0 Å². The molecule has 0 spiro atoms. The summed E-state index contributed by atoms with van der Waals surface area (Å²) in [5.74, 6) is -0.407. The number of ether oxygens (including phenoxy) is 1. The van der Waals surface area contributed by atoms with E-state index in [0.717, 1.165) is 13.2 Å². The van der Waals surface area contributed by atoms with Crippen LogP contribution in [-0.2, 0) is 4.74 Å². The van der Waals surface area contributed by atoms with Crippen molar-refractivity contribution in [1.82, 2.24) is 0 Å². The van der Waals surface area contributed by atoms with Crippen molar-refractivity contribution in [3.05, 3.63) is 36.1 Å². The number of rotatable bonds is 3. The molecule has 0 N–H and O–H groups in total. The van der Waals surface area contributed by atoms with E-state index in [-0.39, 0.29) is 0 Å². The lowest BCUT2D eigenvalue weighted by Gasteiger charge is -2.12. The van der Waals surface area contributed by atoms with Gasteiger partial charge in [0, 0.05) is 0 Å². The zero-order chi connectivity index (χ0) is 10.6. The zero-order valence-corrected chi connectivity index (χ0v) is 7.53. The highest BCUT2D eigenvalue weighted by molar-refractivity contribution is 5.34. The van der Waals surface area contributed by atoms with Gasteiger partial charge in [-0.15, -0.1) is 0 Å². The molecule has 0 aliphatic heterocycles. The molecule has 0 unspecified atom stereocenters. The van der Waals surface area contributed by atoms with Crippen molar-refractivity contribution in [2.45, 2.75) is 13.1 Å². The van der Waals surface area contributed by atoms with E-state index in [1.54, 1.807) is 0 Å². The van der Waals surface area contributed by atoms with Crippen LogP contribution in [0.1, 0.15) is 6.92 Å². The average Bonchev–Trinajstić information content (AvgIpc) is 1.96. The number of methoxy groups -OCH3 is 1. The number of halogens is 3. The fourth-order valence-corrected chi connectivity index (χ4v) is 0.677. The summed E-state index contributed by atoms with van der Waals surface area (Å²) < 4.78 is 41.2. The van der Waals surface area contributed by atoms with Gasteiger partial charge in [-0.3, -0.25) is 0 Å². The monoisotopic (exact) mass is 192 g/mol. The quantitative estimate of drug-likeness (QED) is 0.492. The molecule has 0 radical (unpaired) electrons. The largest absolute Gasteiger partial charge is 0.497 e. The number of alkyl halides is 3. The van der Waals surface area contributed by atoms with E-state index in [4.69, 9.17) is 0 Å². The number of hydrogen-bond donors (Lipinski definition) is 0. The van der Waals surface area contributed by atoms with Gasteiger partial charge >= 0.3 is 6.18 Å². The van der Waals surface area contributed by atoms with Gasteiger partial charge in [0.15, 0.2) is 0 Å². The van der Waals surface area contributed by atoms with Crippen LogP contribution in [0.3, 0.4) is 0 Å². The molecule has 0 fully saturated rings. The van der Waals surface area contributed by atoms with E-state index in [2.05, 4.69) is 17.9 Å². The van der Waals surface area contributed by atoms with Crippen LogP contribution < -0.4 is 0 Å². The van der Waals surface area contributed by atoms with E-state index in [1.165, 1.54) is 6.92 Å². The minimum Gasteiger partial charge on any atom is -0.497 e. The Kier molecular flexibility index (Phi) is 3.78. The maximum absolute atomic E-state index is 12.3. The summed E-state index contributed by atoms with van der Waals surface area (Å²) >= 11 is 0. The molecule has 0 bridgehead atoms. The highest BCUT2D eigenvalue weighted by atomic mass is 19.4. The molecule has 0 saturated carbocycles. The smallest absolute Gasteiger partial charge is 0.419 e. The Hall–Kier alpha value is -1.19. The summed E-state index contributed by atoms with van der Waals surface area (Å²) in [5, 5.41) is 0. The van der Waals surface area contributed by atoms with Gasteiger partial charge in [0.25, 0.3) is 0 Å². The topological polar surface area (TPSA) is 9.23 Å². The molecule has 0 aliphatic carbocycles. The Balaban J connectivity index is 4.99. The molecule has 0 aromatic heterocycles. The molecule has 0 aliphatic rings. The number of hydrogen-bond acceptors (Lipinski definition) is 1. The Morgan fingerprint density at radius 3 is 2.00 bits per heavy atom. The molecule has 0 aromatic carbocycles. The Morgan fingerprint density at radius 2 is 1.77 bits per heavy atom. The van der Waals surface area contributed by atoms with Gasteiger partial charge < -0.3 is 4.74 Å². The molecule has 74 valence electrons. The van der Waals surface area contributed by atoms with Crippen molar-refractivity contribution < 1.29 is 17.9 Å². The van der Waals surface area contributed by atoms with Crippen molar-refractivity contribution in [3.63, 3.8) is 0 Å². The van der Waals surface area contributed by atoms with Crippen molar-refractivity contribution >= 4 is 0 Å². The average molecular weight is 192 g/mol. The van der Waals surface area contributed by atoms with E-state index in [9.17, 15) is 13.2 Å². The molecule has 0 heterocycles. The van der Waals surface area contributed by atoms with Crippen LogP contribution in [-0.4, -0.2) is 13.3 Å². The predicted octanol–water partition coefficient (Wildman–Crippen LogP) is 3.21. The second kappa shape index (κ2) is 4.16. The second-order valence-electron chi connectivity index (χ2n) is 2.53. The second-order valence-corrected chi connectivity index (χ2v) is 2.53. The Bertz CT molecular complexity index is 248. The lowest BCUT2D eigenvalue weighted by molar-refractivity contribution is -0.0931. The van der Waals surface area contributed by atoms with Crippen molar-refractivity contribution in [1.29, 1.82) is 0 Å². The minimum absolute atomic E-state index is 0.297. The SMILES string of the molecule is C=C(C)/C=C(\C(=C)OC)C(F)(F)F. The first-order valence-corrected chi connectivity index (χ1v) is 3.46. The van der Waals surface area contributed by atoms with Crippen LogP contribution in [0.25, 0.3) is 0 Å². The first-order valence-electron chi connectivity index (χ1n) is 3.46. The van der Waals surface area contributed by atoms with Gasteiger partial charge in [-0.25, -0.2) is 0 Å². The Labute approximate surface area is 75.2 Å². The summed E-state index contributed by atoms with van der Waals surface area (Å²) in [4.78, 5) is 0. The molecule has 4 heteroatoms. The molecular formula is C9H11F3O. The third-order valence-electron chi connectivity index (χ3n) is 1.24. The van der Waals surface area contributed by atoms with Crippen molar-refractivity contribution in [2.75, 3.05) is 7.11 Å². The van der Waals surface area contributed by atoms with Crippen LogP contribution in [0.15, 0.2) is 36.1 Å². The van der Waals surface area contributed by atoms with Crippen molar-refractivity contribution in [2.24, 2.45) is 0 Å². The highest BCUT2D eigenvalue weighted by Crippen LogP contribution is 2.31. The molecule has 0 amide bonds. The summed E-state index contributed by atoms with van der Waals surface area (Å²) in [6.07, 6.45) is -3.56. The van der Waals surface area contributed by atoms with Gasteiger partial charge in [0.05, 0.1) is 12.7 Å². The van der Waals surface area contributed by atoms with Gasteiger partial charge in [-0.2, -0.15) is 13.2 Å². The molecule has 0 saturated heterocycles. The summed E-state index contributed by atoms with van der Waals surface area (Å²) in [6, 6.07) is 0. The normalized spacial score (nSPS) is 12.5. The summed E-state index contributed by atoms with van der Waals surface area (Å²) in [7, 11) is 1.14. The van der Waals surface area contributed by atoms with Gasteiger partial charge in [0.2, 0.25) is 0 Å². The third kappa shape index (κ3) is 3.83. The molecule has 0 atom stereocenters. The van der Waals surface area contributed by atoms with E-state index in [0.29, 0.717) is 5.57 Å². The van der Waals surface area contributed by atoms with E-state index >= 15 is 0 Å². The highest BCUT2D eigenvalue weighted by Gasteiger charge is 2.35. The van der Waals surface area contributed by atoms with Crippen LogP contribution in [0, 0.1) is 0 Å². The van der Waals surface area contributed by atoms with E-state index in [1.807, 2.05) is 0 Å². The lowest BCUT2D eigenvalue weighted by atomic mass is 10.1. The predicted molar refractivity (Wildman–Crippen MR) is 45.1 cm³/mol. The van der Waals surface area contributed by atoms with Crippen LogP contribution >= 0.6 is 0 Å². The van der Waals surface area contributed by atoms with E-state index < -0.39 is 17.5 Å². The van der Waals surface area contributed by atoms with Crippen molar-refractivity contribution in [3.8, 4) is 0 Å². The maximum Gasteiger partial charge on any atom is 0.419 e. The first kappa shape index (κ1) is 11.8. The molecule has 1 nitrogen and oxygen atoms in total. The maximum atomic E-state index is 12.3. The zero-order valence-electron chi connectivity index (χ0n) is 7.53. The van der Waals surface area contributed by atoms with Gasteiger partial charge in [0.1, 0.15) is 5.76 Å². The molecule has 13 heavy (non-hydrogen) atoms. The van der Waals surface area contributed by atoms with Crippen LogP contribution in [0.4, 0.5) is 13.2 Å². The third-order valence-corrected chi connectivity index (χ3v) is 1.24. The molecule has 0 aromatic rings. The van der Waals surface area contributed by atoms with Gasteiger partial charge in [-0.1, -0.05) is 18.7 Å². The lowest BCUT2D eigenvalue weighted by Crippen LogP contribution is -2.14. The summed E-state index contributed by atoms with van der Waals surface area (Å²) in [5.41, 5.74) is -0.604. The Morgan fingerprint density at radius 1 is 1.31 bits per heavy atom. The fraction of sp³-hybridized carbons (Fsp3) is 0.333.